The highest BCUT2D eigenvalue weighted by atomic mass is 16.5. The Morgan fingerprint density at radius 2 is 1.58 bits per heavy atom. The van der Waals surface area contributed by atoms with E-state index >= 15 is 0 Å². The second-order valence-electron chi connectivity index (χ2n) is 6.76. The van der Waals surface area contributed by atoms with Gasteiger partial charge in [-0.05, 0) is 29.3 Å². The van der Waals surface area contributed by atoms with E-state index in [9.17, 15) is 9.59 Å². The van der Waals surface area contributed by atoms with Gasteiger partial charge in [-0.25, -0.2) is 4.79 Å². The van der Waals surface area contributed by atoms with Crippen molar-refractivity contribution in [2.75, 3.05) is 26.6 Å². The molecule has 0 heterocycles. The Bertz CT molecular complexity index is 1090. The Hall–Kier alpha value is -3.74. The monoisotopic (exact) mass is 423 g/mol. The molecule has 0 aliphatic heterocycles. The van der Waals surface area contributed by atoms with Crippen LogP contribution in [-0.2, 0) is 9.53 Å². The summed E-state index contributed by atoms with van der Waals surface area (Å²) in [5.74, 6) is 0.295. The Kier molecular flexibility index (Phi) is 6.97. The van der Waals surface area contributed by atoms with Crippen molar-refractivity contribution in [2.45, 2.75) is 19.4 Å². The van der Waals surface area contributed by atoms with Crippen molar-refractivity contribution in [2.24, 2.45) is 0 Å². The number of nitrogens with one attached hydrogen (secondary N) is 1. The molecule has 0 saturated carbocycles. The number of esters is 1. The molecule has 3 aromatic carbocycles. The van der Waals surface area contributed by atoms with Gasteiger partial charge in [0.2, 0.25) is 0 Å². The molecule has 0 bridgehead atoms. The fourth-order valence-electron chi connectivity index (χ4n) is 3.20. The van der Waals surface area contributed by atoms with Gasteiger partial charge in [-0.1, -0.05) is 37.3 Å². The molecule has 0 spiro atoms. The van der Waals surface area contributed by atoms with Crippen LogP contribution >= 0.6 is 0 Å². The minimum atomic E-state index is -0.764. The van der Waals surface area contributed by atoms with Crippen molar-refractivity contribution in [1.82, 2.24) is 0 Å². The molecule has 0 radical (unpaired) electrons. The Morgan fingerprint density at radius 3 is 2.23 bits per heavy atom. The molecule has 0 fully saturated rings. The number of rotatable bonds is 8. The molecule has 3 rings (SSSR count). The zero-order valence-electron chi connectivity index (χ0n) is 17.9. The molecule has 7 heteroatoms. The van der Waals surface area contributed by atoms with Crippen molar-refractivity contribution >= 4 is 28.3 Å². The van der Waals surface area contributed by atoms with E-state index in [0.717, 1.165) is 10.8 Å². The van der Waals surface area contributed by atoms with Gasteiger partial charge in [-0.2, -0.15) is 0 Å². The lowest BCUT2D eigenvalue weighted by Gasteiger charge is -2.19. The van der Waals surface area contributed by atoms with E-state index in [4.69, 9.17) is 18.9 Å². The van der Waals surface area contributed by atoms with Crippen LogP contribution in [0, 0.1) is 0 Å². The lowest BCUT2D eigenvalue weighted by molar-refractivity contribution is -0.122. The number of hydrogen-bond acceptors (Lipinski definition) is 6. The van der Waals surface area contributed by atoms with Crippen LogP contribution in [-0.4, -0.2) is 39.3 Å². The molecule has 31 heavy (non-hydrogen) atoms. The first kappa shape index (κ1) is 22.0. The maximum absolute atomic E-state index is 13.0. The SMILES string of the molecule is CC[C@@H](Oc1ccc2ccccc2c1)C(=O)Nc1cc(OC)c(OC)cc1C(=O)OC. The van der Waals surface area contributed by atoms with E-state index in [-0.39, 0.29) is 11.3 Å². The summed E-state index contributed by atoms with van der Waals surface area (Å²) in [6.45, 7) is 1.85. The number of ether oxygens (including phenoxy) is 4. The first-order chi connectivity index (χ1) is 15.0. The third-order valence-electron chi connectivity index (χ3n) is 4.85. The van der Waals surface area contributed by atoms with Gasteiger partial charge >= 0.3 is 5.97 Å². The highest BCUT2D eigenvalue weighted by Gasteiger charge is 2.23. The standard InChI is InChI=1S/C24H25NO6/c1-5-20(31-17-11-10-15-8-6-7-9-16(15)12-17)23(26)25-19-14-22(29-3)21(28-2)13-18(19)24(27)30-4/h6-14,20H,5H2,1-4H3,(H,25,26)/t20-/m1/s1. The molecule has 0 aliphatic rings. The second kappa shape index (κ2) is 9.84. The van der Waals surface area contributed by atoms with Crippen LogP contribution < -0.4 is 19.5 Å². The Balaban J connectivity index is 1.86. The summed E-state index contributed by atoms with van der Waals surface area (Å²) in [5, 5.41) is 4.86. The van der Waals surface area contributed by atoms with Crippen LogP contribution in [0.15, 0.2) is 54.6 Å². The van der Waals surface area contributed by atoms with Crippen molar-refractivity contribution in [1.29, 1.82) is 0 Å². The zero-order valence-corrected chi connectivity index (χ0v) is 17.9. The van der Waals surface area contributed by atoms with Gasteiger partial charge in [0.25, 0.3) is 5.91 Å². The van der Waals surface area contributed by atoms with E-state index in [1.165, 1.54) is 33.5 Å². The predicted molar refractivity (Wildman–Crippen MR) is 118 cm³/mol. The van der Waals surface area contributed by atoms with Gasteiger partial charge in [0.05, 0.1) is 32.6 Å². The predicted octanol–water partition coefficient (Wildman–Crippen LogP) is 4.44. The molecule has 1 amide bonds. The van der Waals surface area contributed by atoms with Crippen LogP contribution in [0.5, 0.6) is 17.2 Å². The fraction of sp³-hybridized carbons (Fsp3) is 0.250. The summed E-state index contributed by atoms with van der Waals surface area (Å²) < 4.78 is 21.3. The maximum atomic E-state index is 13.0. The van der Waals surface area contributed by atoms with Gasteiger partial charge < -0.3 is 24.3 Å². The Labute approximate surface area is 180 Å². The average molecular weight is 423 g/mol. The highest BCUT2D eigenvalue weighted by molar-refractivity contribution is 6.03. The van der Waals surface area contributed by atoms with Gasteiger partial charge in [-0.3, -0.25) is 4.79 Å². The molecule has 1 atom stereocenters. The van der Waals surface area contributed by atoms with E-state index in [1.807, 2.05) is 49.4 Å². The summed E-state index contributed by atoms with van der Waals surface area (Å²) in [4.78, 5) is 25.2. The summed E-state index contributed by atoms with van der Waals surface area (Å²) in [5.41, 5.74) is 0.393. The van der Waals surface area contributed by atoms with E-state index in [0.29, 0.717) is 23.7 Å². The minimum Gasteiger partial charge on any atom is -0.493 e. The highest BCUT2D eigenvalue weighted by Crippen LogP contribution is 2.34. The normalized spacial score (nSPS) is 11.5. The van der Waals surface area contributed by atoms with Crippen LogP contribution in [0.1, 0.15) is 23.7 Å². The van der Waals surface area contributed by atoms with E-state index < -0.39 is 18.0 Å². The number of amides is 1. The fourth-order valence-corrected chi connectivity index (χ4v) is 3.20. The van der Waals surface area contributed by atoms with E-state index in [2.05, 4.69) is 5.32 Å². The maximum Gasteiger partial charge on any atom is 0.340 e. The number of carbonyl (C=O) groups is 2. The lowest BCUT2D eigenvalue weighted by Crippen LogP contribution is -2.33. The molecule has 3 aromatic rings. The topological polar surface area (TPSA) is 83.1 Å². The summed E-state index contributed by atoms with van der Waals surface area (Å²) in [6, 6.07) is 16.5. The van der Waals surface area contributed by atoms with Crippen LogP contribution in [0.3, 0.4) is 0 Å². The second-order valence-corrected chi connectivity index (χ2v) is 6.76. The van der Waals surface area contributed by atoms with Gasteiger partial charge in [-0.15, -0.1) is 0 Å². The van der Waals surface area contributed by atoms with Crippen molar-refractivity contribution in [3.63, 3.8) is 0 Å². The third-order valence-corrected chi connectivity index (χ3v) is 4.85. The number of benzene rings is 3. The summed E-state index contributed by atoms with van der Waals surface area (Å²) in [7, 11) is 4.20. The Morgan fingerprint density at radius 1 is 0.903 bits per heavy atom. The molecular formula is C24H25NO6. The summed E-state index contributed by atoms with van der Waals surface area (Å²) in [6.07, 6.45) is -0.334. The van der Waals surface area contributed by atoms with Gasteiger partial charge in [0.1, 0.15) is 5.75 Å². The smallest absolute Gasteiger partial charge is 0.340 e. The molecule has 162 valence electrons. The molecule has 7 nitrogen and oxygen atoms in total. The van der Waals surface area contributed by atoms with E-state index in [1.54, 1.807) is 0 Å². The third kappa shape index (κ3) is 4.88. The minimum absolute atomic E-state index is 0.147. The molecule has 0 saturated heterocycles. The van der Waals surface area contributed by atoms with Crippen molar-refractivity contribution < 1.29 is 28.5 Å². The molecule has 0 aliphatic carbocycles. The van der Waals surface area contributed by atoms with Crippen molar-refractivity contribution in [3.05, 3.63) is 60.2 Å². The largest absolute Gasteiger partial charge is 0.493 e. The number of methoxy groups -OCH3 is 3. The van der Waals surface area contributed by atoms with Gasteiger partial charge in [0.15, 0.2) is 17.6 Å². The van der Waals surface area contributed by atoms with Gasteiger partial charge in [0, 0.05) is 12.1 Å². The number of anilines is 1. The van der Waals surface area contributed by atoms with Crippen LogP contribution in [0.2, 0.25) is 0 Å². The lowest BCUT2D eigenvalue weighted by atomic mass is 10.1. The summed E-state index contributed by atoms with van der Waals surface area (Å²) >= 11 is 0. The average Bonchev–Trinajstić information content (AvgIpc) is 2.81. The molecular weight excluding hydrogens is 398 g/mol. The molecule has 0 unspecified atom stereocenters. The molecule has 0 aromatic heterocycles. The number of hydrogen-bond donors (Lipinski definition) is 1. The first-order valence-electron chi connectivity index (χ1n) is 9.81. The van der Waals surface area contributed by atoms with Crippen LogP contribution in [0.4, 0.5) is 5.69 Å². The zero-order chi connectivity index (χ0) is 22.4. The number of carbonyl (C=O) groups excluding carboxylic acids is 2. The molecule has 1 N–H and O–H groups in total. The first-order valence-corrected chi connectivity index (χ1v) is 9.81. The number of fused-ring (bicyclic) bond motifs is 1. The van der Waals surface area contributed by atoms with Crippen LogP contribution in [0.25, 0.3) is 10.8 Å². The quantitative estimate of drug-likeness (QED) is 0.540. The van der Waals surface area contributed by atoms with Crippen molar-refractivity contribution in [3.8, 4) is 17.2 Å².